The molecule has 0 rings (SSSR count). The highest BCUT2D eigenvalue weighted by Crippen LogP contribution is 2.01. The smallest absolute Gasteiger partial charge is 0.326 e. The first-order valence-corrected chi connectivity index (χ1v) is 6.72. The lowest BCUT2D eigenvalue weighted by molar-refractivity contribution is -0.140. The molecule has 0 fully saturated rings. The van der Waals surface area contributed by atoms with Crippen molar-refractivity contribution in [2.75, 3.05) is 6.54 Å². The van der Waals surface area contributed by atoms with E-state index in [1.807, 2.05) is 13.8 Å². The molecular weight excluding hydrogens is 262 g/mol. The molecule has 0 heterocycles. The standard InChI is InChI=1S/C13H25N3O4/c1-7(2)6-14-11(17)9(5)15-13(20)16-10(8(3)4)12(18)19/h7-10H,6H2,1-5H3,(H,14,17)(H,18,19)(H2,15,16,20)/t9?,10-/m1/s1. The van der Waals surface area contributed by atoms with E-state index in [-0.39, 0.29) is 11.8 Å². The van der Waals surface area contributed by atoms with Gasteiger partial charge < -0.3 is 21.1 Å². The Balaban J connectivity index is 4.31. The van der Waals surface area contributed by atoms with Gasteiger partial charge in [-0.25, -0.2) is 9.59 Å². The minimum atomic E-state index is -1.10. The number of aliphatic carboxylic acids is 1. The molecule has 3 amide bonds. The third-order valence-electron chi connectivity index (χ3n) is 2.64. The van der Waals surface area contributed by atoms with E-state index in [9.17, 15) is 14.4 Å². The summed E-state index contributed by atoms with van der Waals surface area (Å²) < 4.78 is 0. The van der Waals surface area contributed by atoms with Gasteiger partial charge in [0.1, 0.15) is 12.1 Å². The molecule has 0 aliphatic carbocycles. The zero-order valence-electron chi connectivity index (χ0n) is 12.7. The Hall–Kier alpha value is -1.79. The van der Waals surface area contributed by atoms with Crippen LogP contribution in [0.4, 0.5) is 4.79 Å². The summed E-state index contributed by atoms with van der Waals surface area (Å²) in [5.74, 6) is -1.34. The largest absolute Gasteiger partial charge is 0.480 e. The van der Waals surface area contributed by atoms with Gasteiger partial charge in [0.2, 0.25) is 5.91 Å². The van der Waals surface area contributed by atoms with Gasteiger partial charge in [0.15, 0.2) is 0 Å². The van der Waals surface area contributed by atoms with Gasteiger partial charge in [0.25, 0.3) is 0 Å². The van der Waals surface area contributed by atoms with Crippen LogP contribution in [0, 0.1) is 11.8 Å². The number of amides is 3. The van der Waals surface area contributed by atoms with E-state index in [1.54, 1.807) is 20.8 Å². The van der Waals surface area contributed by atoms with E-state index in [1.165, 1.54) is 0 Å². The Morgan fingerprint density at radius 3 is 1.95 bits per heavy atom. The van der Waals surface area contributed by atoms with E-state index < -0.39 is 24.1 Å². The third-order valence-corrected chi connectivity index (χ3v) is 2.64. The zero-order chi connectivity index (χ0) is 15.9. The molecule has 1 unspecified atom stereocenters. The number of carbonyl (C=O) groups excluding carboxylic acids is 2. The molecule has 0 saturated carbocycles. The van der Waals surface area contributed by atoms with Crippen LogP contribution >= 0.6 is 0 Å². The molecule has 0 aromatic carbocycles. The van der Waals surface area contributed by atoms with Crippen LogP contribution in [-0.2, 0) is 9.59 Å². The predicted octanol–water partition coefficient (Wildman–Crippen LogP) is 0.556. The van der Waals surface area contributed by atoms with E-state index in [4.69, 9.17) is 5.11 Å². The van der Waals surface area contributed by atoms with Gasteiger partial charge in [0, 0.05) is 6.54 Å². The first-order valence-electron chi connectivity index (χ1n) is 6.72. The number of urea groups is 1. The lowest BCUT2D eigenvalue weighted by Crippen LogP contribution is -2.53. The monoisotopic (exact) mass is 287 g/mol. The van der Waals surface area contributed by atoms with Crippen molar-refractivity contribution in [2.24, 2.45) is 11.8 Å². The van der Waals surface area contributed by atoms with Gasteiger partial charge >= 0.3 is 12.0 Å². The highest BCUT2D eigenvalue weighted by Gasteiger charge is 2.24. The normalized spacial score (nSPS) is 13.8. The topological polar surface area (TPSA) is 108 Å². The van der Waals surface area contributed by atoms with Gasteiger partial charge in [-0.2, -0.15) is 0 Å². The van der Waals surface area contributed by atoms with Crippen LogP contribution in [0.3, 0.4) is 0 Å². The highest BCUT2D eigenvalue weighted by molar-refractivity contribution is 5.88. The van der Waals surface area contributed by atoms with Crippen molar-refractivity contribution >= 4 is 17.9 Å². The average Bonchev–Trinajstić information content (AvgIpc) is 2.31. The molecule has 4 N–H and O–H groups in total. The Kier molecular flexibility index (Phi) is 7.64. The maximum atomic E-state index is 11.7. The zero-order valence-corrected chi connectivity index (χ0v) is 12.7. The molecule has 0 aromatic heterocycles. The summed E-state index contributed by atoms with van der Waals surface area (Å²) in [7, 11) is 0. The Bertz CT molecular complexity index is 356. The summed E-state index contributed by atoms with van der Waals surface area (Å²) in [5.41, 5.74) is 0. The van der Waals surface area contributed by atoms with Crippen LogP contribution in [0.15, 0.2) is 0 Å². The molecule has 0 saturated heterocycles. The fourth-order valence-corrected chi connectivity index (χ4v) is 1.42. The van der Waals surface area contributed by atoms with Crippen molar-refractivity contribution in [3.8, 4) is 0 Å². The first kappa shape index (κ1) is 18.2. The predicted molar refractivity (Wildman–Crippen MR) is 75.2 cm³/mol. The number of nitrogens with one attached hydrogen (secondary N) is 3. The number of hydrogen-bond acceptors (Lipinski definition) is 3. The van der Waals surface area contributed by atoms with Crippen LogP contribution in [0.2, 0.25) is 0 Å². The lowest BCUT2D eigenvalue weighted by Gasteiger charge is -2.20. The Morgan fingerprint density at radius 1 is 1.00 bits per heavy atom. The Morgan fingerprint density at radius 2 is 1.55 bits per heavy atom. The van der Waals surface area contributed by atoms with Crippen LogP contribution < -0.4 is 16.0 Å². The average molecular weight is 287 g/mol. The fourth-order valence-electron chi connectivity index (χ4n) is 1.42. The van der Waals surface area contributed by atoms with Gasteiger partial charge in [-0.3, -0.25) is 4.79 Å². The molecule has 0 aliphatic rings. The maximum Gasteiger partial charge on any atom is 0.326 e. The van der Waals surface area contributed by atoms with Crippen LogP contribution in [0.5, 0.6) is 0 Å². The van der Waals surface area contributed by atoms with Gasteiger partial charge in [-0.1, -0.05) is 27.7 Å². The molecule has 7 nitrogen and oxygen atoms in total. The van der Waals surface area contributed by atoms with E-state index in [0.29, 0.717) is 12.5 Å². The summed E-state index contributed by atoms with van der Waals surface area (Å²) in [6.07, 6.45) is 0. The van der Waals surface area contributed by atoms with Crippen molar-refractivity contribution in [3.05, 3.63) is 0 Å². The highest BCUT2D eigenvalue weighted by atomic mass is 16.4. The Labute approximate surface area is 119 Å². The van der Waals surface area contributed by atoms with E-state index in [2.05, 4.69) is 16.0 Å². The first-order chi connectivity index (χ1) is 9.15. The summed E-state index contributed by atoms with van der Waals surface area (Å²) >= 11 is 0. The van der Waals surface area contributed by atoms with E-state index in [0.717, 1.165) is 0 Å². The van der Waals surface area contributed by atoms with Crippen LogP contribution in [0.1, 0.15) is 34.6 Å². The van der Waals surface area contributed by atoms with Gasteiger partial charge in [-0.15, -0.1) is 0 Å². The fraction of sp³-hybridized carbons (Fsp3) is 0.769. The van der Waals surface area contributed by atoms with Crippen molar-refractivity contribution in [1.82, 2.24) is 16.0 Å². The number of hydrogen-bond donors (Lipinski definition) is 4. The van der Waals surface area contributed by atoms with Gasteiger partial charge in [-0.05, 0) is 18.8 Å². The van der Waals surface area contributed by atoms with Gasteiger partial charge in [0.05, 0.1) is 0 Å². The molecule has 0 aromatic rings. The third kappa shape index (κ3) is 6.96. The summed E-state index contributed by atoms with van der Waals surface area (Å²) in [5, 5.41) is 16.4. The summed E-state index contributed by atoms with van der Waals surface area (Å²) in [4.78, 5) is 34.3. The molecule has 2 atom stereocenters. The second-order valence-corrected chi connectivity index (χ2v) is 5.54. The van der Waals surface area contributed by atoms with E-state index >= 15 is 0 Å². The van der Waals surface area contributed by atoms with Crippen molar-refractivity contribution in [1.29, 1.82) is 0 Å². The van der Waals surface area contributed by atoms with Crippen LogP contribution in [-0.4, -0.2) is 41.6 Å². The molecule has 20 heavy (non-hydrogen) atoms. The number of carboxylic acid groups (broad SMARTS) is 1. The lowest BCUT2D eigenvalue weighted by atomic mass is 10.1. The number of carbonyl (C=O) groups is 3. The van der Waals surface area contributed by atoms with Crippen molar-refractivity contribution < 1.29 is 19.5 Å². The quantitative estimate of drug-likeness (QED) is 0.548. The van der Waals surface area contributed by atoms with Crippen molar-refractivity contribution in [3.63, 3.8) is 0 Å². The molecular formula is C13H25N3O4. The van der Waals surface area contributed by atoms with Crippen molar-refractivity contribution in [2.45, 2.75) is 46.7 Å². The maximum absolute atomic E-state index is 11.7. The summed E-state index contributed by atoms with van der Waals surface area (Å²) in [6.45, 7) is 9.38. The van der Waals surface area contributed by atoms with Crippen LogP contribution in [0.25, 0.3) is 0 Å². The number of carboxylic acids is 1. The second-order valence-electron chi connectivity index (χ2n) is 5.54. The summed E-state index contributed by atoms with van der Waals surface area (Å²) in [6, 6.07) is -2.38. The molecule has 7 heteroatoms. The molecule has 0 spiro atoms. The molecule has 116 valence electrons. The minimum absolute atomic E-state index is 0.247. The minimum Gasteiger partial charge on any atom is -0.480 e. The second kappa shape index (κ2) is 8.39. The molecule has 0 aliphatic heterocycles. The SMILES string of the molecule is CC(C)CNC(=O)C(C)NC(=O)N[C@@H](C(=O)O)C(C)C. The number of rotatable bonds is 7. The molecule has 0 bridgehead atoms. The molecule has 0 radical (unpaired) electrons.